The molecule has 1 aliphatic carbocycles. The summed E-state index contributed by atoms with van der Waals surface area (Å²) in [6.45, 7) is 3.08. The van der Waals surface area contributed by atoms with Crippen LogP contribution in [0.2, 0.25) is 0 Å². The largest absolute Gasteiger partial charge is 0.385 e. The predicted octanol–water partition coefficient (Wildman–Crippen LogP) is 4.51. The minimum Gasteiger partial charge on any atom is -0.385 e. The van der Waals surface area contributed by atoms with E-state index in [0.29, 0.717) is 18.0 Å². The van der Waals surface area contributed by atoms with Crippen LogP contribution in [0, 0.1) is 30.3 Å². The fraction of sp³-hybridized carbons (Fsp3) is 0.480. The number of anilines is 2. The average molecular weight is 462 g/mol. The summed E-state index contributed by atoms with van der Waals surface area (Å²) in [5, 5.41) is 16.6. The molecule has 2 fully saturated rings. The highest BCUT2D eigenvalue weighted by Gasteiger charge is 2.44. The molecule has 1 heterocycles. The summed E-state index contributed by atoms with van der Waals surface area (Å²) in [6.07, 6.45) is 6.17. The van der Waals surface area contributed by atoms with Gasteiger partial charge in [-0.15, -0.1) is 0 Å². The first-order valence-electron chi connectivity index (χ1n) is 11.5. The molecular formula is C25H30F3N3O2. The molecule has 8 heteroatoms. The number of benzene rings is 2. The highest BCUT2D eigenvalue weighted by atomic mass is 19.2. The van der Waals surface area contributed by atoms with Crippen LogP contribution in [0.25, 0.3) is 0 Å². The summed E-state index contributed by atoms with van der Waals surface area (Å²) in [5.41, 5.74) is -0.989. The van der Waals surface area contributed by atoms with E-state index < -0.39 is 34.6 Å². The maximum absolute atomic E-state index is 14.6. The monoisotopic (exact) mass is 461 g/mol. The lowest BCUT2D eigenvalue weighted by Gasteiger charge is -2.47. The first kappa shape index (κ1) is 23.6. The summed E-state index contributed by atoms with van der Waals surface area (Å²) in [4.78, 5) is 14.4. The van der Waals surface area contributed by atoms with Crippen molar-refractivity contribution in [3.05, 3.63) is 58.9 Å². The molecule has 2 aromatic rings. The van der Waals surface area contributed by atoms with Crippen molar-refractivity contribution < 1.29 is 23.1 Å². The first-order chi connectivity index (χ1) is 15.8. The minimum atomic E-state index is -1.26. The van der Waals surface area contributed by atoms with E-state index in [1.54, 1.807) is 13.0 Å². The van der Waals surface area contributed by atoms with E-state index in [4.69, 9.17) is 0 Å². The van der Waals surface area contributed by atoms with Crippen molar-refractivity contribution >= 4 is 17.3 Å². The van der Waals surface area contributed by atoms with E-state index in [0.717, 1.165) is 12.6 Å². The van der Waals surface area contributed by atoms with Gasteiger partial charge >= 0.3 is 0 Å². The van der Waals surface area contributed by atoms with E-state index in [2.05, 4.69) is 10.6 Å². The number of carbonyl (C=O) groups is 1. The highest BCUT2D eigenvalue weighted by Crippen LogP contribution is 2.31. The molecule has 178 valence electrons. The fourth-order valence-electron chi connectivity index (χ4n) is 4.70. The molecule has 1 aliphatic heterocycles. The molecule has 2 aromatic carbocycles. The summed E-state index contributed by atoms with van der Waals surface area (Å²) < 4.78 is 42.8. The van der Waals surface area contributed by atoms with Gasteiger partial charge in [-0.25, -0.2) is 13.2 Å². The number of nitrogens with zero attached hydrogens (tertiary/aromatic N) is 1. The second-order valence-corrected chi connectivity index (χ2v) is 9.41. The van der Waals surface area contributed by atoms with Gasteiger partial charge in [-0.2, -0.15) is 0 Å². The van der Waals surface area contributed by atoms with Gasteiger partial charge in [-0.1, -0.05) is 25.3 Å². The highest BCUT2D eigenvalue weighted by molar-refractivity contribution is 6.01. The lowest BCUT2D eigenvalue weighted by atomic mass is 9.88. The first-order valence-corrected chi connectivity index (χ1v) is 11.5. The quantitative estimate of drug-likeness (QED) is 0.568. The third kappa shape index (κ3) is 5.33. The van der Waals surface area contributed by atoms with Gasteiger partial charge in [0.05, 0.1) is 30.0 Å². The van der Waals surface area contributed by atoms with Crippen molar-refractivity contribution in [3.63, 3.8) is 0 Å². The van der Waals surface area contributed by atoms with Crippen molar-refractivity contribution in [1.82, 2.24) is 10.2 Å². The number of hydrogen-bond acceptors (Lipinski definition) is 4. The van der Waals surface area contributed by atoms with Gasteiger partial charge in [0.2, 0.25) is 0 Å². The van der Waals surface area contributed by atoms with E-state index in [1.165, 1.54) is 55.2 Å². The van der Waals surface area contributed by atoms with Crippen molar-refractivity contribution in [2.45, 2.75) is 44.6 Å². The number of likely N-dealkylation sites (tertiary alicyclic amines) is 1. The van der Waals surface area contributed by atoms with Gasteiger partial charge in [0, 0.05) is 6.54 Å². The number of hydrogen-bond donors (Lipinski definition) is 3. The second-order valence-electron chi connectivity index (χ2n) is 9.41. The lowest BCUT2D eigenvalue weighted by Crippen LogP contribution is -2.67. The number of nitrogens with one attached hydrogen (secondary N) is 2. The second kappa shape index (κ2) is 9.73. The molecule has 0 aromatic heterocycles. The summed E-state index contributed by atoms with van der Waals surface area (Å²) in [6, 6.07) is 6.34. The Bertz CT molecular complexity index is 1020. The summed E-state index contributed by atoms with van der Waals surface area (Å²) >= 11 is 0. The Morgan fingerprint density at radius 2 is 1.82 bits per heavy atom. The molecule has 1 saturated heterocycles. The van der Waals surface area contributed by atoms with Crippen molar-refractivity contribution in [2.75, 3.05) is 31.5 Å². The van der Waals surface area contributed by atoms with E-state index >= 15 is 0 Å². The smallest absolute Gasteiger partial charge is 0.256 e. The van der Waals surface area contributed by atoms with Crippen LogP contribution >= 0.6 is 0 Å². The van der Waals surface area contributed by atoms with Gasteiger partial charge < -0.3 is 20.6 Å². The van der Waals surface area contributed by atoms with Crippen LogP contribution in [0.4, 0.5) is 24.5 Å². The molecule has 0 unspecified atom stereocenters. The van der Waals surface area contributed by atoms with Crippen LogP contribution in [0.1, 0.15) is 48.0 Å². The number of β-amino-alcohol motifs (C(OH)–C–C–N with tert-alkyl or cyclic N) is 1. The Kier molecular flexibility index (Phi) is 6.95. The number of aliphatic hydroxyl groups is 1. The van der Waals surface area contributed by atoms with Crippen molar-refractivity contribution in [3.8, 4) is 0 Å². The topological polar surface area (TPSA) is 64.6 Å². The molecule has 3 N–H and O–H groups in total. The predicted molar refractivity (Wildman–Crippen MR) is 121 cm³/mol. The van der Waals surface area contributed by atoms with E-state index in [-0.39, 0.29) is 24.3 Å². The molecule has 1 saturated carbocycles. The molecule has 5 nitrogen and oxygen atoms in total. The number of halogens is 3. The zero-order valence-corrected chi connectivity index (χ0v) is 18.8. The number of carbonyl (C=O) groups excluding carboxylic acids is 1. The van der Waals surface area contributed by atoms with Crippen molar-refractivity contribution in [1.29, 1.82) is 0 Å². The zero-order chi connectivity index (χ0) is 23.6. The van der Waals surface area contributed by atoms with Gasteiger partial charge in [-0.3, -0.25) is 4.79 Å². The lowest BCUT2D eigenvalue weighted by molar-refractivity contribution is -0.0789. The van der Waals surface area contributed by atoms with Crippen LogP contribution < -0.4 is 10.6 Å². The Labute approximate surface area is 192 Å². The van der Waals surface area contributed by atoms with Gasteiger partial charge in [-0.05, 0) is 62.1 Å². The van der Waals surface area contributed by atoms with Gasteiger partial charge in [0.15, 0.2) is 11.6 Å². The van der Waals surface area contributed by atoms with Crippen LogP contribution in [0.5, 0.6) is 0 Å². The minimum absolute atomic E-state index is 0.0637. The Morgan fingerprint density at radius 1 is 1.09 bits per heavy atom. The Hall–Kier alpha value is -2.58. The molecule has 4 rings (SSSR count). The zero-order valence-electron chi connectivity index (χ0n) is 18.8. The number of aryl methyl sites for hydroxylation is 1. The van der Waals surface area contributed by atoms with Crippen LogP contribution in [-0.4, -0.2) is 47.7 Å². The third-order valence-electron chi connectivity index (χ3n) is 6.58. The molecule has 0 spiro atoms. The maximum atomic E-state index is 14.6. The normalized spacial score (nSPS) is 18.2. The average Bonchev–Trinajstić information content (AvgIpc) is 2.77. The Balaban J connectivity index is 1.41. The fourth-order valence-corrected chi connectivity index (χ4v) is 4.70. The summed E-state index contributed by atoms with van der Waals surface area (Å²) in [5.74, 6) is -2.97. The van der Waals surface area contributed by atoms with Crippen LogP contribution in [0.3, 0.4) is 0 Å². The van der Waals surface area contributed by atoms with Crippen LogP contribution in [-0.2, 0) is 0 Å². The molecular weight excluding hydrogens is 431 g/mol. The van der Waals surface area contributed by atoms with Crippen LogP contribution in [0.15, 0.2) is 30.3 Å². The Morgan fingerprint density at radius 3 is 2.52 bits per heavy atom. The van der Waals surface area contributed by atoms with Gasteiger partial charge in [0.25, 0.3) is 5.91 Å². The molecule has 2 aliphatic rings. The molecule has 0 atom stereocenters. The molecule has 0 bridgehead atoms. The third-order valence-corrected chi connectivity index (χ3v) is 6.58. The number of rotatable bonds is 7. The van der Waals surface area contributed by atoms with E-state index in [1.807, 2.05) is 0 Å². The maximum Gasteiger partial charge on any atom is 0.256 e. The van der Waals surface area contributed by atoms with Gasteiger partial charge in [0.1, 0.15) is 11.4 Å². The molecule has 0 radical (unpaired) electrons. The SMILES string of the molecule is Cc1ccc(Nc2c(C(=O)N3CC(O)(CNCC4CCCCC4)C3)ccc(F)c2F)c(F)c1. The number of amides is 1. The summed E-state index contributed by atoms with van der Waals surface area (Å²) in [7, 11) is 0. The molecule has 33 heavy (non-hydrogen) atoms. The van der Waals surface area contributed by atoms with Crippen molar-refractivity contribution in [2.24, 2.45) is 5.92 Å². The molecule has 1 amide bonds. The standard InChI is InChI=1S/C25H30F3N3O2/c1-16-7-10-21(20(27)11-16)30-23-18(8-9-19(26)22(23)28)24(32)31-14-25(33,15-31)13-29-12-17-5-3-2-4-6-17/h7-11,17,29-30,33H,2-6,12-15H2,1H3. The van der Waals surface area contributed by atoms with E-state index in [9.17, 15) is 23.1 Å².